The van der Waals surface area contributed by atoms with Crippen molar-refractivity contribution in [1.82, 2.24) is 9.97 Å². The largest absolute Gasteiger partial charge is 0.497 e. The lowest BCUT2D eigenvalue weighted by atomic mass is 10.2. The van der Waals surface area contributed by atoms with Crippen molar-refractivity contribution in [2.75, 3.05) is 7.11 Å². The van der Waals surface area contributed by atoms with E-state index in [1.165, 1.54) is 18.5 Å². The van der Waals surface area contributed by atoms with Gasteiger partial charge in [-0.25, -0.2) is 18.7 Å². The SMILES string of the molecule is COc1ccc(-c2nc(COC(=O)CCc3ncc(-c4ccc(F)cc4F)o3)co2)cc1. The van der Waals surface area contributed by atoms with E-state index in [0.29, 0.717) is 11.6 Å². The van der Waals surface area contributed by atoms with E-state index in [1.807, 2.05) is 12.1 Å². The molecule has 0 fully saturated rings. The summed E-state index contributed by atoms with van der Waals surface area (Å²) in [7, 11) is 1.58. The Bertz CT molecular complexity index is 1220. The van der Waals surface area contributed by atoms with Gasteiger partial charge in [-0.2, -0.15) is 0 Å². The average molecular weight is 440 g/mol. The molecule has 0 atom stereocenters. The van der Waals surface area contributed by atoms with E-state index in [-0.39, 0.29) is 36.7 Å². The third-order valence-electron chi connectivity index (χ3n) is 4.56. The fourth-order valence-electron chi connectivity index (χ4n) is 2.91. The Morgan fingerprint density at radius 3 is 2.69 bits per heavy atom. The second-order valence-electron chi connectivity index (χ2n) is 6.78. The van der Waals surface area contributed by atoms with Crippen LogP contribution in [0, 0.1) is 11.6 Å². The van der Waals surface area contributed by atoms with Gasteiger partial charge in [-0.05, 0) is 36.4 Å². The van der Waals surface area contributed by atoms with Crippen molar-refractivity contribution in [1.29, 1.82) is 0 Å². The number of aromatic nitrogens is 2. The number of methoxy groups -OCH3 is 1. The third-order valence-corrected chi connectivity index (χ3v) is 4.56. The van der Waals surface area contributed by atoms with E-state index in [2.05, 4.69) is 9.97 Å². The number of hydrogen-bond acceptors (Lipinski definition) is 7. The van der Waals surface area contributed by atoms with Crippen molar-refractivity contribution in [2.45, 2.75) is 19.4 Å². The van der Waals surface area contributed by atoms with Gasteiger partial charge in [0, 0.05) is 18.1 Å². The molecule has 0 unspecified atom stereocenters. The van der Waals surface area contributed by atoms with Crippen LogP contribution in [-0.4, -0.2) is 23.0 Å². The molecule has 0 aliphatic rings. The van der Waals surface area contributed by atoms with Gasteiger partial charge in [0.1, 0.15) is 35.9 Å². The predicted octanol–water partition coefficient (Wildman–Crippen LogP) is 4.96. The summed E-state index contributed by atoms with van der Waals surface area (Å²) in [5, 5.41) is 0. The molecular formula is C23H18F2N2O5. The van der Waals surface area contributed by atoms with Gasteiger partial charge in [-0.15, -0.1) is 0 Å². The Labute approximate surface area is 181 Å². The van der Waals surface area contributed by atoms with E-state index >= 15 is 0 Å². The molecule has 0 N–H and O–H groups in total. The molecule has 2 aromatic carbocycles. The van der Waals surface area contributed by atoms with Crippen LogP contribution in [-0.2, 0) is 22.6 Å². The zero-order valence-corrected chi connectivity index (χ0v) is 17.0. The molecule has 2 heterocycles. The van der Waals surface area contributed by atoms with Crippen molar-refractivity contribution < 1.29 is 31.9 Å². The Morgan fingerprint density at radius 2 is 1.94 bits per heavy atom. The number of esters is 1. The van der Waals surface area contributed by atoms with Gasteiger partial charge in [0.05, 0.1) is 25.3 Å². The van der Waals surface area contributed by atoms with Gasteiger partial charge in [0.15, 0.2) is 11.7 Å². The lowest BCUT2D eigenvalue weighted by molar-refractivity contribution is -0.145. The number of ether oxygens (including phenoxy) is 2. The summed E-state index contributed by atoms with van der Waals surface area (Å²) in [6.07, 6.45) is 2.92. The first-order chi connectivity index (χ1) is 15.5. The number of carbonyl (C=O) groups excluding carboxylic acids is 1. The molecule has 0 aliphatic heterocycles. The number of hydrogen-bond donors (Lipinski definition) is 0. The summed E-state index contributed by atoms with van der Waals surface area (Å²) < 4.78 is 48.1. The molecule has 32 heavy (non-hydrogen) atoms. The van der Waals surface area contributed by atoms with Crippen molar-refractivity contribution in [3.63, 3.8) is 0 Å². The molecule has 0 saturated heterocycles. The number of aryl methyl sites for hydroxylation is 1. The zero-order valence-electron chi connectivity index (χ0n) is 17.0. The van der Waals surface area contributed by atoms with E-state index in [1.54, 1.807) is 19.2 Å². The molecule has 0 amide bonds. The van der Waals surface area contributed by atoms with E-state index in [0.717, 1.165) is 23.4 Å². The highest BCUT2D eigenvalue weighted by atomic mass is 19.1. The lowest BCUT2D eigenvalue weighted by Crippen LogP contribution is -2.06. The minimum atomic E-state index is -0.756. The molecule has 9 heteroatoms. The zero-order chi connectivity index (χ0) is 22.5. The summed E-state index contributed by atoms with van der Waals surface area (Å²) in [5.74, 6) is -0.407. The van der Waals surface area contributed by atoms with Crippen molar-refractivity contribution in [3.05, 3.63) is 78.1 Å². The topological polar surface area (TPSA) is 87.6 Å². The molecule has 0 spiro atoms. The van der Waals surface area contributed by atoms with Crippen LogP contribution >= 0.6 is 0 Å². The summed E-state index contributed by atoms with van der Waals surface area (Å²) in [5.41, 5.74) is 1.32. The highest BCUT2D eigenvalue weighted by molar-refractivity contribution is 5.69. The van der Waals surface area contributed by atoms with E-state index in [9.17, 15) is 13.6 Å². The highest BCUT2D eigenvalue weighted by Crippen LogP contribution is 2.25. The Balaban J connectivity index is 1.28. The molecule has 0 aliphatic carbocycles. The summed E-state index contributed by atoms with van der Waals surface area (Å²) >= 11 is 0. The van der Waals surface area contributed by atoms with E-state index < -0.39 is 17.6 Å². The lowest BCUT2D eigenvalue weighted by Gasteiger charge is -2.01. The van der Waals surface area contributed by atoms with Crippen LogP contribution in [0.15, 0.2) is 63.8 Å². The Hall–Kier alpha value is -4.01. The number of halogens is 2. The molecule has 0 saturated carbocycles. The van der Waals surface area contributed by atoms with Crippen molar-refractivity contribution in [3.8, 4) is 28.5 Å². The second kappa shape index (κ2) is 9.42. The van der Waals surface area contributed by atoms with Crippen LogP contribution in [0.4, 0.5) is 8.78 Å². The normalized spacial score (nSPS) is 10.8. The van der Waals surface area contributed by atoms with Crippen molar-refractivity contribution in [2.24, 2.45) is 0 Å². The number of carbonyl (C=O) groups is 1. The van der Waals surface area contributed by atoms with E-state index in [4.69, 9.17) is 18.3 Å². The summed E-state index contributed by atoms with van der Waals surface area (Å²) in [6, 6.07) is 10.4. The number of nitrogens with zero attached hydrogens (tertiary/aromatic N) is 2. The molecular weight excluding hydrogens is 422 g/mol. The number of rotatable bonds is 8. The minimum absolute atomic E-state index is 0.00897. The molecule has 164 valence electrons. The van der Waals surface area contributed by atoms with Crippen LogP contribution < -0.4 is 4.74 Å². The fraction of sp³-hybridized carbons (Fsp3) is 0.174. The van der Waals surface area contributed by atoms with Gasteiger partial charge < -0.3 is 18.3 Å². The van der Waals surface area contributed by atoms with Gasteiger partial charge in [-0.3, -0.25) is 4.79 Å². The third kappa shape index (κ3) is 5.00. The van der Waals surface area contributed by atoms with Crippen LogP contribution in [0.5, 0.6) is 5.75 Å². The highest BCUT2D eigenvalue weighted by Gasteiger charge is 2.14. The van der Waals surface area contributed by atoms with Gasteiger partial charge in [0.25, 0.3) is 0 Å². The van der Waals surface area contributed by atoms with Gasteiger partial charge in [-0.1, -0.05) is 0 Å². The maximum atomic E-state index is 13.8. The average Bonchev–Trinajstić information content (AvgIpc) is 3.46. The maximum absolute atomic E-state index is 13.8. The smallest absolute Gasteiger partial charge is 0.306 e. The first-order valence-corrected chi connectivity index (χ1v) is 9.66. The monoisotopic (exact) mass is 440 g/mol. The standard InChI is InChI=1S/C23H18F2N2O5/c1-29-17-5-2-14(3-6-17)23-27-16(13-31-23)12-30-22(28)9-8-21-26-11-20(32-21)18-7-4-15(24)10-19(18)25/h2-7,10-11,13H,8-9,12H2,1H3. The van der Waals surface area contributed by atoms with Crippen LogP contribution in [0.3, 0.4) is 0 Å². The second-order valence-corrected chi connectivity index (χ2v) is 6.78. The van der Waals surface area contributed by atoms with Crippen LogP contribution in [0.2, 0.25) is 0 Å². The van der Waals surface area contributed by atoms with Crippen LogP contribution in [0.25, 0.3) is 22.8 Å². The summed E-state index contributed by atoms with van der Waals surface area (Å²) in [6.45, 7) is -0.0455. The minimum Gasteiger partial charge on any atom is -0.497 e. The number of benzene rings is 2. The molecule has 0 bridgehead atoms. The quantitative estimate of drug-likeness (QED) is 0.358. The summed E-state index contributed by atoms with van der Waals surface area (Å²) in [4.78, 5) is 20.4. The molecule has 4 aromatic rings. The Morgan fingerprint density at radius 1 is 1.12 bits per heavy atom. The van der Waals surface area contributed by atoms with Gasteiger partial charge >= 0.3 is 5.97 Å². The Kier molecular flexibility index (Phi) is 6.25. The van der Waals surface area contributed by atoms with Gasteiger partial charge in [0.2, 0.25) is 5.89 Å². The molecule has 7 nitrogen and oxygen atoms in total. The molecule has 0 radical (unpaired) electrons. The first kappa shape index (κ1) is 21.2. The van der Waals surface area contributed by atoms with Crippen molar-refractivity contribution >= 4 is 5.97 Å². The predicted molar refractivity (Wildman–Crippen MR) is 108 cm³/mol. The fourth-order valence-corrected chi connectivity index (χ4v) is 2.91. The first-order valence-electron chi connectivity index (χ1n) is 9.66. The number of oxazole rings is 2. The molecule has 4 rings (SSSR count). The maximum Gasteiger partial charge on any atom is 0.306 e. The van der Waals surface area contributed by atoms with Crippen LogP contribution in [0.1, 0.15) is 18.0 Å². The molecule has 2 aromatic heterocycles.